The van der Waals surface area contributed by atoms with Crippen LogP contribution in [0.3, 0.4) is 0 Å². The predicted octanol–water partition coefficient (Wildman–Crippen LogP) is 6.91. The number of halogens is 3. The van der Waals surface area contributed by atoms with E-state index in [4.69, 9.17) is 34.8 Å². The fourth-order valence-electron chi connectivity index (χ4n) is 5.43. The molecule has 2 aromatic heterocycles. The number of nitro groups is 1. The second-order valence-corrected chi connectivity index (χ2v) is 14.1. The number of benzene rings is 3. The van der Waals surface area contributed by atoms with Gasteiger partial charge in [0, 0.05) is 34.8 Å². The van der Waals surface area contributed by atoms with Crippen LogP contribution in [0.2, 0.25) is 15.1 Å². The number of hydrogen-bond acceptors (Lipinski definition) is 9. The number of aromatic amines is 1. The average Bonchev–Trinajstić information content (AvgIpc) is 3.65. The molecule has 0 saturated carbocycles. The Morgan fingerprint density at radius 2 is 1.80 bits per heavy atom. The Morgan fingerprint density at radius 1 is 1.08 bits per heavy atom. The van der Waals surface area contributed by atoms with Crippen molar-refractivity contribution in [2.75, 3.05) is 13.1 Å². The van der Waals surface area contributed by atoms with Gasteiger partial charge in [-0.15, -0.1) is 5.10 Å². The molecule has 49 heavy (non-hydrogen) atoms. The van der Waals surface area contributed by atoms with Crippen LogP contribution in [0.25, 0.3) is 17.5 Å². The number of carbonyl (C=O) groups excluding carboxylic acids is 1. The van der Waals surface area contributed by atoms with Gasteiger partial charge in [0.25, 0.3) is 17.2 Å². The smallest absolute Gasteiger partial charge is 0.283 e. The molecule has 5 aromatic rings. The lowest BCUT2D eigenvalue weighted by Gasteiger charge is -2.29. The Labute approximate surface area is 302 Å². The van der Waals surface area contributed by atoms with Gasteiger partial charge in [-0.25, -0.2) is 9.98 Å². The summed E-state index contributed by atoms with van der Waals surface area (Å²) in [7, 11) is 0. The SMILES string of the molecule is CCN(CC)C(=O)C1=C(C)N=c2s/c(=C\c3ccc(Sc4n[nH]c(-c5ccc(Cl)cc5Cl)n4)c([N+](=O)[O-])c3)c(=O)n2[C@@H]1c1ccc(Cl)cc1. The summed E-state index contributed by atoms with van der Waals surface area (Å²) in [6.07, 6.45) is 1.59. The summed E-state index contributed by atoms with van der Waals surface area (Å²) in [6.45, 7) is 6.53. The second kappa shape index (κ2) is 14.3. The van der Waals surface area contributed by atoms with Gasteiger partial charge in [0.1, 0.15) is 0 Å². The van der Waals surface area contributed by atoms with Crippen molar-refractivity contribution in [1.82, 2.24) is 24.6 Å². The van der Waals surface area contributed by atoms with Crippen LogP contribution in [0.15, 0.2) is 91.8 Å². The van der Waals surface area contributed by atoms with Gasteiger partial charge in [0.2, 0.25) is 5.16 Å². The number of allylic oxidation sites excluding steroid dienone is 1. The highest BCUT2D eigenvalue weighted by molar-refractivity contribution is 7.99. The zero-order chi connectivity index (χ0) is 35.0. The lowest BCUT2D eigenvalue weighted by Crippen LogP contribution is -2.43. The predicted molar refractivity (Wildman–Crippen MR) is 192 cm³/mol. The van der Waals surface area contributed by atoms with E-state index in [-0.39, 0.29) is 22.3 Å². The number of nitrogens with zero attached hydrogens (tertiary/aromatic N) is 6. The monoisotopic (exact) mass is 753 g/mol. The summed E-state index contributed by atoms with van der Waals surface area (Å²) in [6, 6.07) is 15.9. The molecular formula is C33H26Cl3N7O4S2. The molecule has 0 unspecified atom stereocenters. The van der Waals surface area contributed by atoms with E-state index in [0.29, 0.717) is 76.2 Å². The molecule has 0 saturated heterocycles. The molecule has 0 bridgehead atoms. The largest absolute Gasteiger partial charge is 0.339 e. The van der Waals surface area contributed by atoms with Gasteiger partial charge >= 0.3 is 0 Å². The molecule has 0 radical (unpaired) electrons. The fraction of sp³-hybridized carbons (Fsp3) is 0.182. The average molecular weight is 755 g/mol. The number of H-pyrrole nitrogens is 1. The molecule has 1 aliphatic rings. The number of rotatable bonds is 9. The number of aromatic nitrogens is 4. The molecule has 1 amide bonds. The normalized spacial score (nSPS) is 14.5. The van der Waals surface area contributed by atoms with Gasteiger partial charge < -0.3 is 4.90 Å². The van der Waals surface area contributed by atoms with Crippen molar-refractivity contribution in [3.63, 3.8) is 0 Å². The number of carbonyl (C=O) groups is 1. The van der Waals surface area contributed by atoms with Gasteiger partial charge in [-0.2, -0.15) is 0 Å². The number of amides is 1. The van der Waals surface area contributed by atoms with Crippen LogP contribution >= 0.6 is 57.9 Å². The van der Waals surface area contributed by atoms with Gasteiger partial charge in [-0.05, 0) is 86.1 Å². The Morgan fingerprint density at radius 3 is 2.47 bits per heavy atom. The summed E-state index contributed by atoms with van der Waals surface area (Å²) in [5, 5.41) is 20.8. The summed E-state index contributed by atoms with van der Waals surface area (Å²) in [5.74, 6) is 0.173. The number of nitrogens with one attached hydrogen (secondary N) is 1. The van der Waals surface area contributed by atoms with Crippen LogP contribution in [-0.4, -0.2) is 48.6 Å². The third kappa shape index (κ3) is 6.94. The van der Waals surface area contributed by atoms with E-state index in [1.54, 1.807) is 72.5 Å². The molecule has 11 nitrogen and oxygen atoms in total. The molecule has 1 aliphatic heterocycles. The maximum absolute atomic E-state index is 14.1. The van der Waals surface area contributed by atoms with Crippen molar-refractivity contribution in [2.24, 2.45) is 4.99 Å². The highest BCUT2D eigenvalue weighted by Crippen LogP contribution is 2.36. The number of nitro benzene ring substituents is 1. The molecule has 250 valence electrons. The van der Waals surface area contributed by atoms with E-state index in [0.717, 1.165) is 23.1 Å². The Hall–Kier alpha value is -4.27. The Bertz CT molecular complexity index is 2330. The van der Waals surface area contributed by atoms with Crippen molar-refractivity contribution < 1.29 is 9.72 Å². The van der Waals surface area contributed by atoms with Gasteiger partial charge in [-0.3, -0.25) is 29.4 Å². The maximum atomic E-state index is 14.1. The van der Waals surface area contributed by atoms with Crippen molar-refractivity contribution in [3.8, 4) is 11.4 Å². The molecule has 16 heteroatoms. The van der Waals surface area contributed by atoms with Gasteiger partial charge in [-0.1, -0.05) is 64.3 Å². The van der Waals surface area contributed by atoms with Crippen LogP contribution < -0.4 is 14.9 Å². The minimum Gasteiger partial charge on any atom is -0.339 e. The summed E-state index contributed by atoms with van der Waals surface area (Å²) >= 11 is 20.6. The number of likely N-dealkylation sites (N-methyl/N-ethyl adjacent to an activating group) is 1. The summed E-state index contributed by atoms with van der Waals surface area (Å²) in [5.41, 5.74) is 2.05. The number of hydrogen-bond donors (Lipinski definition) is 1. The number of thiazole rings is 1. The molecule has 3 aromatic carbocycles. The van der Waals surface area contributed by atoms with E-state index in [9.17, 15) is 19.7 Å². The minimum absolute atomic E-state index is 0.190. The van der Waals surface area contributed by atoms with Crippen molar-refractivity contribution in [3.05, 3.63) is 128 Å². The lowest BCUT2D eigenvalue weighted by molar-refractivity contribution is -0.387. The molecule has 1 atom stereocenters. The van der Waals surface area contributed by atoms with E-state index in [2.05, 4.69) is 20.2 Å². The first-order valence-corrected chi connectivity index (χ1v) is 17.7. The Balaban J connectivity index is 1.38. The minimum atomic E-state index is -0.745. The standard InChI is InChI=1S/C33H26Cl3N7O4S2/c1-4-41(5-2)31(45)27-17(3)37-33-42(28(27)19-7-9-20(34)10-8-19)30(44)26(49-33)15-18-6-13-25(24(14-18)43(46)47)48-32-38-29(39-40-32)22-12-11-21(35)16-23(22)36/h6-16,28H,4-5H2,1-3H3,(H,38,39,40)/b26-15-/t28-/m1/s1. The van der Waals surface area contributed by atoms with Crippen LogP contribution in [0.4, 0.5) is 5.69 Å². The van der Waals surface area contributed by atoms with E-state index < -0.39 is 11.0 Å². The Kier molecular flexibility index (Phi) is 10.1. The molecule has 0 fully saturated rings. The summed E-state index contributed by atoms with van der Waals surface area (Å²) < 4.78 is 1.81. The van der Waals surface area contributed by atoms with E-state index in [1.165, 1.54) is 10.6 Å². The first kappa shape index (κ1) is 34.6. The topological polar surface area (TPSA) is 139 Å². The molecule has 0 spiro atoms. The highest BCUT2D eigenvalue weighted by Gasteiger charge is 2.34. The van der Waals surface area contributed by atoms with Gasteiger partial charge in [0.15, 0.2) is 10.6 Å². The molecule has 1 N–H and O–H groups in total. The van der Waals surface area contributed by atoms with Crippen molar-refractivity contribution in [2.45, 2.75) is 36.9 Å². The molecule has 6 rings (SSSR count). The van der Waals surface area contributed by atoms with E-state index >= 15 is 0 Å². The molecule has 3 heterocycles. The first-order chi connectivity index (χ1) is 23.5. The quantitative estimate of drug-likeness (QED) is 0.128. The second-order valence-electron chi connectivity index (χ2n) is 10.8. The van der Waals surface area contributed by atoms with Crippen LogP contribution in [0.1, 0.15) is 37.9 Å². The maximum Gasteiger partial charge on any atom is 0.283 e. The first-order valence-electron chi connectivity index (χ1n) is 14.9. The molecule has 0 aliphatic carbocycles. The van der Waals surface area contributed by atoms with Crippen molar-refractivity contribution in [1.29, 1.82) is 0 Å². The lowest BCUT2D eigenvalue weighted by atomic mass is 9.94. The number of fused-ring (bicyclic) bond motifs is 1. The van der Waals surface area contributed by atoms with E-state index in [1.807, 2.05) is 13.8 Å². The van der Waals surface area contributed by atoms with Crippen LogP contribution in [-0.2, 0) is 4.79 Å². The highest BCUT2D eigenvalue weighted by atomic mass is 35.5. The van der Waals surface area contributed by atoms with Crippen LogP contribution in [0, 0.1) is 10.1 Å². The zero-order valence-electron chi connectivity index (χ0n) is 26.1. The van der Waals surface area contributed by atoms with Gasteiger partial charge in [0.05, 0.1) is 36.7 Å². The molecular weight excluding hydrogens is 729 g/mol. The third-order valence-electron chi connectivity index (χ3n) is 7.82. The van der Waals surface area contributed by atoms with Crippen molar-refractivity contribution >= 4 is 75.6 Å². The van der Waals surface area contributed by atoms with Crippen LogP contribution in [0.5, 0.6) is 0 Å². The third-order valence-corrected chi connectivity index (χ3v) is 10.5. The zero-order valence-corrected chi connectivity index (χ0v) is 30.0. The fourth-order valence-corrected chi connectivity index (χ4v) is 7.90. The summed E-state index contributed by atoms with van der Waals surface area (Å²) in [4.78, 5) is 51.1.